The van der Waals surface area contributed by atoms with Gasteiger partial charge < -0.3 is 10.1 Å². The maximum absolute atomic E-state index is 12.4. The Balaban J connectivity index is 1.41. The van der Waals surface area contributed by atoms with Crippen LogP contribution in [-0.2, 0) is 24.1 Å². The van der Waals surface area contributed by atoms with Crippen LogP contribution in [0.15, 0.2) is 12.3 Å². The molecule has 1 saturated heterocycles. The number of hydrogen-bond acceptors (Lipinski definition) is 5. The lowest BCUT2D eigenvalue weighted by atomic mass is 10.0. The Morgan fingerprint density at radius 3 is 3.21 bits per heavy atom. The highest BCUT2D eigenvalue weighted by Crippen LogP contribution is 2.23. The number of rotatable bonds is 4. The number of aromatic amines is 1. The zero-order chi connectivity index (χ0) is 16.4. The number of nitrogens with one attached hydrogen (secondary N) is 2. The van der Waals surface area contributed by atoms with Gasteiger partial charge >= 0.3 is 0 Å². The molecule has 2 aromatic heterocycles. The molecule has 2 N–H and O–H groups in total. The third-order valence-corrected chi connectivity index (χ3v) is 4.71. The first kappa shape index (κ1) is 15.3. The number of amides is 1. The molecule has 0 aromatic carbocycles. The van der Waals surface area contributed by atoms with E-state index in [4.69, 9.17) is 4.74 Å². The zero-order valence-electron chi connectivity index (χ0n) is 13.5. The van der Waals surface area contributed by atoms with Crippen molar-refractivity contribution < 1.29 is 9.53 Å². The first-order valence-electron chi connectivity index (χ1n) is 8.55. The summed E-state index contributed by atoms with van der Waals surface area (Å²) in [5.41, 5.74) is 3.50. The van der Waals surface area contributed by atoms with E-state index in [1.54, 1.807) is 6.20 Å². The second kappa shape index (κ2) is 6.68. The Hall–Kier alpha value is -2.28. The molecule has 1 amide bonds. The smallest absolute Gasteiger partial charge is 0.272 e. The number of carbonyl (C=O) groups excluding carboxylic acids is 1. The molecule has 0 spiro atoms. The Labute approximate surface area is 140 Å². The fourth-order valence-electron chi connectivity index (χ4n) is 3.41. The number of hydrogen-bond donors (Lipinski definition) is 2. The van der Waals surface area contributed by atoms with Crippen LogP contribution < -0.4 is 5.32 Å². The van der Waals surface area contributed by atoms with E-state index in [9.17, 15) is 4.79 Å². The highest BCUT2D eigenvalue weighted by Gasteiger charge is 2.23. The zero-order valence-corrected chi connectivity index (χ0v) is 13.5. The summed E-state index contributed by atoms with van der Waals surface area (Å²) in [7, 11) is 0. The van der Waals surface area contributed by atoms with Crippen LogP contribution in [0.5, 0.6) is 0 Å². The second-order valence-electron chi connectivity index (χ2n) is 6.39. The number of aromatic nitrogens is 4. The molecule has 0 saturated carbocycles. The molecule has 7 nitrogen and oxygen atoms in total. The van der Waals surface area contributed by atoms with E-state index in [2.05, 4.69) is 25.5 Å². The monoisotopic (exact) mass is 327 g/mol. The van der Waals surface area contributed by atoms with E-state index in [0.29, 0.717) is 18.8 Å². The van der Waals surface area contributed by atoms with Crippen molar-refractivity contribution in [3.05, 3.63) is 40.7 Å². The summed E-state index contributed by atoms with van der Waals surface area (Å²) >= 11 is 0. The Morgan fingerprint density at radius 1 is 1.38 bits per heavy atom. The molecule has 0 radical (unpaired) electrons. The van der Waals surface area contributed by atoms with Gasteiger partial charge in [-0.05, 0) is 38.2 Å². The van der Waals surface area contributed by atoms with Gasteiger partial charge in [-0.3, -0.25) is 9.89 Å². The lowest BCUT2D eigenvalue weighted by Gasteiger charge is -2.20. The largest absolute Gasteiger partial charge is 0.381 e. The predicted molar refractivity (Wildman–Crippen MR) is 86.6 cm³/mol. The molecule has 0 unspecified atom stereocenters. The van der Waals surface area contributed by atoms with Crippen LogP contribution in [0.3, 0.4) is 0 Å². The van der Waals surface area contributed by atoms with Gasteiger partial charge in [-0.2, -0.15) is 5.10 Å². The molecular weight excluding hydrogens is 306 g/mol. The standard InChI is InChI=1S/C17H21N5O2/c23-17(15-13-4-1-5-14(13)21-22-15)19-9-12-6-7-18-16(20-12)11-3-2-8-24-10-11/h6-7,11H,1-5,8-10H2,(H,19,23)(H,21,22)/t11-/m0/s1. The topological polar surface area (TPSA) is 92.8 Å². The van der Waals surface area contributed by atoms with Gasteiger partial charge in [-0.1, -0.05) is 0 Å². The maximum atomic E-state index is 12.4. The van der Waals surface area contributed by atoms with Crippen LogP contribution in [0.25, 0.3) is 0 Å². The Kier molecular flexibility index (Phi) is 4.25. The average molecular weight is 327 g/mol. The first-order valence-corrected chi connectivity index (χ1v) is 8.55. The van der Waals surface area contributed by atoms with E-state index in [0.717, 1.165) is 61.5 Å². The SMILES string of the molecule is O=C(NCc1ccnc([C@H]2CCCOC2)n1)c1n[nH]c2c1CCC2. The predicted octanol–water partition coefficient (Wildman–Crippen LogP) is 1.51. The van der Waals surface area contributed by atoms with Crippen molar-refractivity contribution >= 4 is 5.91 Å². The molecule has 4 rings (SSSR count). The lowest BCUT2D eigenvalue weighted by molar-refractivity contribution is 0.0779. The van der Waals surface area contributed by atoms with E-state index < -0.39 is 0 Å². The molecule has 1 atom stereocenters. The van der Waals surface area contributed by atoms with Crippen molar-refractivity contribution in [3.63, 3.8) is 0 Å². The molecule has 7 heteroatoms. The lowest BCUT2D eigenvalue weighted by Crippen LogP contribution is -2.25. The summed E-state index contributed by atoms with van der Waals surface area (Å²) in [6.45, 7) is 1.87. The van der Waals surface area contributed by atoms with Gasteiger partial charge in [-0.15, -0.1) is 0 Å². The average Bonchev–Trinajstić information content (AvgIpc) is 3.24. The van der Waals surface area contributed by atoms with Gasteiger partial charge in [0.2, 0.25) is 0 Å². The number of fused-ring (bicyclic) bond motifs is 1. The Morgan fingerprint density at radius 2 is 2.33 bits per heavy atom. The molecule has 2 aliphatic rings. The number of aryl methyl sites for hydroxylation is 1. The van der Waals surface area contributed by atoms with Gasteiger partial charge in [0.15, 0.2) is 5.69 Å². The molecule has 0 bridgehead atoms. The number of carbonyl (C=O) groups is 1. The van der Waals surface area contributed by atoms with Crippen molar-refractivity contribution in [2.45, 2.75) is 44.6 Å². The van der Waals surface area contributed by atoms with Crippen molar-refractivity contribution in [1.82, 2.24) is 25.5 Å². The van der Waals surface area contributed by atoms with E-state index in [1.165, 1.54) is 0 Å². The van der Waals surface area contributed by atoms with Gasteiger partial charge in [0, 0.05) is 30.0 Å². The highest BCUT2D eigenvalue weighted by molar-refractivity contribution is 5.94. The van der Waals surface area contributed by atoms with Crippen LogP contribution in [0.4, 0.5) is 0 Å². The molecule has 24 heavy (non-hydrogen) atoms. The summed E-state index contributed by atoms with van der Waals surface area (Å²) in [6.07, 6.45) is 6.84. The quantitative estimate of drug-likeness (QED) is 0.888. The van der Waals surface area contributed by atoms with Crippen molar-refractivity contribution in [2.75, 3.05) is 13.2 Å². The van der Waals surface area contributed by atoms with E-state index >= 15 is 0 Å². The molecule has 3 heterocycles. The summed E-state index contributed by atoms with van der Waals surface area (Å²) < 4.78 is 5.50. The van der Waals surface area contributed by atoms with Crippen LogP contribution in [0.2, 0.25) is 0 Å². The highest BCUT2D eigenvalue weighted by atomic mass is 16.5. The second-order valence-corrected chi connectivity index (χ2v) is 6.39. The van der Waals surface area contributed by atoms with Crippen LogP contribution in [-0.4, -0.2) is 39.3 Å². The summed E-state index contributed by atoms with van der Waals surface area (Å²) in [5.74, 6) is 0.918. The number of nitrogens with zero attached hydrogens (tertiary/aromatic N) is 3. The molecule has 1 fully saturated rings. The first-order chi connectivity index (χ1) is 11.8. The van der Waals surface area contributed by atoms with Crippen LogP contribution >= 0.6 is 0 Å². The fraction of sp³-hybridized carbons (Fsp3) is 0.529. The molecule has 126 valence electrons. The Bertz CT molecular complexity index is 736. The van der Waals surface area contributed by atoms with Crippen molar-refractivity contribution in [1.29, 1.82) is 0 Å². The molecule has 1 aliphatic carbocycles. The molecule has 2 aromatic rings. The van der Waals surface area contributed by atoms with Crippen LogP contribution in [0.1, 0.15) is 58.4 Å². The molecule has 1 aliphatic heterocycles. The van der Waals surface area contributed by atoms with Crippen molar-refractivity contribution in [3.8, 4) is 0 Å². The third-order valence-electron chi connectivity index (χ3n) is 4.71. The number of ether oxygens (including phenoxy) is 1. The van der Waals surface area contributed by atoms with E-state index in [1.807, 2.05) is 6.07 Å². The minimum absolute atomic E-state index is 0.143. The van der Waals surface area contributed by atoms with Crippen LogP contribution in [0, 0.1) is 0 Å². The minimum atomic E-state index is -0.143. The van der Waals surface area contributed by atoms with Gasteiger partial charge in [0.25, 0.3) is 5.91 Å². The fourth-order valence-corrected chi connectivity index (χ4v) is 3.41. The number of H-pyrrole nitrogens is 1. The third kappa shape index (κ3) is 3.03. The van der Waals surface area contributed by atoms with Gasteiger partial charge in [-0.25, -0.2) is 9.97 Å². The van der Waals surface area contributed by atoms with Crippen molar-refractivity contribution in [2.24, 2.45) is 0 Å². The molecular formula is C17H21N5O2. The summed E-state index contributed by atoms with van der Waals surface area (Å²) in [4.78, 5) is 21.3. The normalized spacial score (nSPS) is 19.9. The maximum Gasteiger partial charge on any atom is 0.272 e. The van der Waals surface area contributed by atoms with Gasteiger partial charge in [0.1, 0.15) is 5.82 Å². The summed E-state index contributed by atoms with van der Waals surface area (Å²) in [5, 5.41) is 10.0. The summed E-state index contributed by atoms with van der Waals surface area (Å²) in [6, 6.07) is 1.84. The van der Waals surface area contributed by atoms with Gasteiger partial charge in [0.05, 0.1) is 18.8 Å². The van der Waals surface area contributed by atoms with E-state index in [-0.39, 0.29) is 11.8 Å². The minimum Gasteiger partial charge on any atom is -0.381 e.